The lowest BCUT2D eigenvalue weighted by molar-refractivity contribution is -0.155. The van der Waals surface area contributed by atoms with Crippen molar-refractivity contribution in [1.29, 1.82) is 0 Å². The zero-order chi connectivity index (χ0) is 35.3. The molecule has 256 valence electrons. The van der Waals surface area contributed by atoms with Crippen LogP contribution in [0.25, 0.3) is 11.3 Å². The number of benzene rings is 3. The third-order valence-electron chi connectivity index (χ3n) is 8.39. The molecule has 3 aromatic carbocycles. The second-order valence-corrected chi connectivity index (χ2v) is 13.2. The maximum Gasteiger partial charge on any atom is 0.411 e. The van der Waals surface area contributed by atoms with Gasteiger partial charge in [0.25, 0.3) is 5.56 Å². The molecular weight excluding hydrogens is 628 g/mol. The molecule has 1 aliphatic rings. The van der Waals surface area contributed by atoms with Gasteiger partial charge in [0.2, 0.25) is 0 Å². The Morgan fingerprint density at radius 2 is 1.59 bits per heavy atom. The number of ether oxygens (including phenoxy) is 2. The Bertz CT molecular complexity index is 1880. The fourth-order valence-corrected chi connectivity index (χ4v) is 5.93. The van der Waals surface area contributed by atoms with E-state index in [0.717, 1.165) is 43.4 Å². The molecule has 0 spiro atoms. The van der Waals surface area contributed by atoms with Crippen LogP contribution < -0.4 is 11.3 Å². The van der Waals surface area contributed by atoms with Crippen molar-refractivity contribution in [2.45, 2.75) is 77.2 Å². The number of hydrogen-bond acceptors (Lipinski definition) is 6. The summed E-state index contributed by atoms with van der Waals surface area (Å²) in [6.07, 6.45) is 2.90. The smallest absolute Gasteiger partial charge is 0.411 e. The predicted octanol–water partition coefficient (Wildman–Crippen LogP) is 7.59. The number of halogens is 2. The molecule has 0 saturated heterocycles. The van der Waals surface area contributed by atoms with Crippen molar-refractivity contribution in [3.63, 3.8) is 0 Å². The summed E-state index contributed by atoms with van der Waals surface area (Å²) in [5.41, 5.74) is 7.64. The van der Waals surface area contributed by atoms with Crippen molar-refractivity contribution in [2.24, 2.45) is 0 Å². The third kappa shape index (κ3) is 8.62. The van der Waals surface area contributed by atoms with Gasteiger partial charge in [-0.15, -0.1) is 0 Å². The number of nitrogens with zero attached hydrogens (tertiary/aromatic N) is 2. The standard InChI is InChI=1S/C39H41F2N3O5/c1-25(31-19-16-28(40)23-33(31)41)32-20-21-35(45)44(36(32)42)29-17-14-27(15-18-29)24-43(38(47)49-39(2,3)4)34(22-26-10-6-5-7-11-26)37(46)48-30-12-8-9-13-30/h5-7,10-11,14-21,23,30,34H,1,8-9,12-13,22,24,42H2,2-4H3/t34-/m0/s1. The van der Waals surface area contributed by atoms with Gasteiger partial charge in [-0.3, -0.25) is 14.3 Å². The van der Waals surface area contributed by atoms with Crippen molar-refractivity contribution in [1.82, 2.24) is 9.47 Å². The van der Waals surface area contributed by atoms with Gasteiger partial charge >= 0.3 is 12.1 Å². The van der Waals surface area contributed by atoms with Crippen LogP contribution >= 0.6 is 0 Å². The van der Waals surface area contributed by atoms with Gasteiger partial charge in [-0.1, -0.05) is 49.0 Å². The number of esters is 1. The van der Waals surface area contributed by atoms with Gasteiger partial charge < -0.3 is 15.2 Å². The molecule has 1 saturated carbocycles. The molecule has 1 fully saturated rings. The summed E-state index contributed by atoms with van der Waals surface area (Å²) in [6.45, 7) is 9.24. The molecule has 0 unspecified atom stereocenters. The van der Waals surface area contributed by atoms with Gasteiger partial charge in [-0.05, 0) is 93.5 Å². The van der Waals surface area contributed by atoms with Crippen molar-refractivity contribution < 1.29 is 27.8 Å². The molecule has 0 radical (unpaired) electrons. The molecule has 1 amide bonds. The SMILES string of the molecule is C=C(c1ccc(F)cc1F)c1ccc(=O)n(-c2ccc(CN(C(=O)OC(C)(C)C)[C@@H](Cc3ccccc3)C(=O)OC3CCCC3)cc2)c1N. The highest BCUT2D eigenvalue weighted by atomic mass is 19.1. The number of carbonyl (C=O) groups is 2. The quantitative estimate of drug-likeness (QED) is 0.175. The maximum absolute atomic E-state index is 14.6. The van der Waals surface area contributed by atoms with Crippen LogP contribution in [-0.4, -0.2) is 39.3 Å². The lowest BCUT2D eigenvalue weighted by atomic mass is 9.99. The number of nitrogen functional groups attached to an aromatic ring is 1. The lowest BCUT2D eigenvalue weighted by Gasteiger charge is -2.33. The largest absolute Gasteiger partial charge is 0.461 e. The summed E-state index contributed by atoms with van der Waals surface area (Å²) >= 11 is 0. The monoisotopic (exact) mass is 669 g/mol. The Balaban J connectivity index is 1.47. The van der Waals surface area contributed by atoms with Crippen molar-refractivity contribution in [3.05, 3.63) is 136 Å². The number of amides is 1. The number of aromatic nitrogens is 1. The number of carbonyl (C=O) groups excluding carboxylic acids is 2. The Labute approximate surface area is 284 Å². The molecule has 5 rings (SSSR count). The van der Waals surface area contributed by atoms with E-state index in [2.05, 4.69) is 6.58 Å². The minimum absolute atomic E-state index is 0.0114. The minimum Gasteiger partial charge on any atom is -0.461 e. The Hall–Kier alpha value is -5.25. The molecule has 0 aliphatic heterocycles. The number of anilines is 1. The Kier molecular flexibility index (Phi) is 10.7. The second-order valence-electron chi connectivity index (χ2n) is 13.2. The molecule has 49 heavy (non-hydrogen) atoms. The van der Waals surface area contributed by atoms with Gasteiger partial charge in [-0.25, -0.2) is 18.4 Å². The second kappa shape index (κ2) is 14.9. The van der Waals surface area contributed by atoms with E-state index in [1.54, 1.807) is 45.0 Å². The summed E-state index contributed by atoms with van der Waals surface area (Å²) in [6, 6.07) is 21.1. The number of rotatable bonds is 10. The molecule has 1 heterocycles. The summed E-state index contributed by atoms with van der Waals surface area (Å²) < 4.78 is 41.1. The summed E-state index contributed by atoms with van der Waals surface area (Å²) in [4.78, 5) is 42.0. The first-order valence-corrected chi connectivity index (χ1v) is 16.3. The third-order valence-corrected chi connectivity index (χ3v) is 8.39. The summed E-state index contributed by atoms with van der Waals surface area (Å²) in [5, 5.41) is 0. The van der Waals surface area contributed by atoms with Crippen LogP contribution in [0, 0.1) is 11.6 Å². The molecule has 8 nitrogen and oxygen atoms in total. The number of hydrogen-bond donors (Lipinski definition) is 1. The van der Waals surface area contributed by atoms with E-state index in [9.17, 15) is 23.2 Å². The summed E-state index contributed by atoms with van der Waals surface area (Å²) in [7, 11) is 0. The van der Waals surface area contributed by atoms with Crippen LogP contribution in [0.2, 0.25) is 0 Å². The molecule has 0 bridgehead atoms. The van der Waals surface area contributed by atoms with E-state index in [4.69, 9.17) is 15.2 Å². The van der Waals surface area contributed by atoms with Crippen LogP contribution in [0.15, 0.2) is 96.3 Å². The molecule has 10 heteroatoms. The van der Waals surface area contributed by atoms with Gasteiger partial charge in [0.15, 0.2) is 0 Å². The number of nitrogens with two attached hydrogens (primary N) is 1. The van der Waals surface area contributed by atoms with Crippen LogP contribution in [-0.2, 0) is 27.2 Å². The molecule has 1 aliphatic carbocycles. The number of pyridine rings is 1. The van der Waals surface area contributed by atoms with Gasteiger partial charge in [0.05, 0.1) is 5.69 Å². The van der Waals surface area contributed by atoms with Crippen LogP contribution in [0.3, 0.4) is 0 Å². The average molecular weight is 670 g/mol. The van der Waals surface area contributed by atoms with Crippen molar-refractivity contribution in [2.75, 3.05) is 5.73 Å². The zero-order valence-corrected chi connectivity index (χ0v) is 28.0. The first kappa shape index (κ1) is 35.1. The molecule has 1 atom stereocenters. The van der Waals surface area contributed by atoms with Crippen LogP contribution in [0.1, 0.15) is 68.7 Å². The molecule has 1 aromatic heterocycles. The topological polar surface area (TPSA) is 104 Å². The van der Waals surface area contributed by atoms with Gasteiger partial charge in [0, 0.05) is 36.2 Å². The van der Waals surface area contributed by atoms with Crippen molar-refractivity contribution in [3.8, 4) is 5.69 Å². The van der Waals surface area contributed by atoms with E-state index in [0.29, 0.717) is 16.8 Å². The molecule has 2 N–H and O–H groups in total. The molecular formula is C39H41F2N3O5. The van der Waals surface area contributed by atoms with E-state index in [-0.39, 0.29) is 36.0 Å². The highest BCUT2D eigenvalue weighted by Gasteiger charge is 2.36. The highest BCUT2D eigenvalue weighted by molar-refractivity contribution is 5.84. The molecule has 4 aromatic rings. The van der Waals surface area contributed by atoms with Gasteiger partial charge in [-0.2, -0.15) is 0 Å². The van der Waals surface area contributed by atoms with Crippen LogP contribution in [0.5, 0.6) is 0 Å². The Morgan fingerprint density at radius 1 is 0.939 bits per heavy atom. The first-order chi connectivity index (χ1) is 23.3. The van der Waals surface area contributed by atoms with Gasteiger partial charge in [0.1, 0.15) is 35.2 Å². The van der Waals surface area contributed by atoms with E-state index >= 15 is 0 Å². The lowest BCUT2D eigenvalue weighted by Crippen LogP contribution is -2.49. The highest BCUT2D eigenvalue weighted by Crippen LogP contribution is 2.30. The van der Waals surface area contributed by atoms with E-state index in [1.807, 2.05) is 30.3 Å². The first-order valence-electron chi connectivity index (χ1n) is 16.3. The normalized spacial score (nSPS) is 13.9. The zero-order valence-electron chi connectivity index (χ0n) is 28.0. The van der Waals surface area contributed by atoms with E-state index in [1.165, 1.54) is 27.7 Å². The minimum atomic E-state index is -0.967. The fourth-order valence-electron chi connectivity index (χ4n) is 5.93. The predicted molar refractivity (Wildman–Crippen MR) is 185 cm³/mol. The van der Waals surface area contributed by atoms with Crippen LogP contribution in [0.4, 0.5) is 19.4 Å². The average Bonchev–Trinajstić information content (AvgIpc) is 3.56. The summed E-state index contributed by atoms with van der Waals surface area (Å²) in [5.74, 6) is -2.01. The van der Waals surface area contributed by atoms with Crippen molar-refractivity contribution >= 4 is 23.5 Å². The van der Waals surface area contributed by atoms with E-state index < -0.39 is 40.9 Å². The Morgan fingerprint density at radius 3 is 2.22 bits per heavy atom. The fraction of sp³-hybridized carbons (Fsp3) is 0.308. The maximum atomic E-state index is 14.6.